The van der Waals surface area contributed by atoms with Crippen molar-refractivity contribution in [3.8, 4) is 0 Å². The van der Waals surface area contributed by atoms with E-state index in [1.807, 2.05) is 0 Å². The number of halogens is 2. The Morgan fingerprint density at radius 2 is 2.00 bits per heavy atom. The second kappa shape index (κ2) is 7.90. The number of hydrogen-bond acceptors (Lipinski definition) is 3. The number of nitrogens with one attached hydrogen (secondary N) is 1. The minimum atomic E-state index is -0.650. The van der Waals surface area contributed by atoms with Crippen LogP contribution in [0.4, 0.5) is 13.6 Å². The Hall–Kier alpha value is -1.73. The van der Waals surface area contributed by atoms with Gasteiger partial charge in [-0.25, -0.2) is 13.6 Å². The van der Waals surface area contributed by atoms with Gasteiger partial charge in [0.1, 0.15) is 11.6 Å². The summed E-state index contributed by atoms with van der Waals surface area (Å²) < 4.78 is 31.9. The number of carbonyl (C=O) groups is 1. The van der Waals surface area contributed by atoms with Gasteiger partial charge in [0.05, 0.1) is 13.2 Å². The highest BCUT2D eigenvalue weighted by Gasteiger charge is 2.29. The molecule has 2 amide bonds. The lowest BCUT2D eigenvalue weighted by Gasteiger charge is -2.41. The van der Waals surface area contributed by atoms with E-state index in [9.17, 15) is 13.6 Å². The molecule has 2 rings (SSSR count). The monoisotopic (exact) mass is 341 g/mol. The Morgan fingerprint density at radius 1 is 1.33 bits per heavy atom. The van der Waals surface area contributed by atoms with Crippen LogP contribution in [0, 0.1) is 11.6 Å². The van der Waals surface area contributed by atoms with Crippen LogP contribution < -0.4 is 5.32 Å². The summed E-state index contributed by atoms with van der Waals surface area (Å²) in [6, 6.07) is 3.07. The average molecular weight is 341 g/mol. The van der Waals surface area contributed by atoms with Crippen molar-refractivity contribution in [1.82, 2.24) is 15.1 Å². The summed E-state index contributed by atoms with van der Waals surface area (Å²) in [7, 11) is 1.58. The summed E-state index contributed by atoms with van der Waals surface area (Å²) in [6.45, 7) is 7.75. The Kier molecular flexibility index (Phi) is 6.12. The van der Waals surface area contributed by atoms with Gasteiger partial charge in [-0.05, 0) is 19.9 Å². The molecule has 0 unspecified atom stereocenters. The van der Waals surface area contributed by atoms with Crippen molar-refractivity contribution < 1.29 is 18.3 Å². The molecule has 0 spiro atoms. The lowest BCUT2D eigenvalue weighted by molar-refractivity contribution is -0.00900. The summed E-state index contributed by atoms with van der Waals surface area (Å²) in [4.78, 5) is 15.9. The highest BCUT2D eigenvalue weighted by atomic mass is 19.1. The Morgan fingerprint density at radius 3 is 2.62 bits per heavy atom. The van der Waals surface area contributed by atoms with Crippen molar-refractivity contribution >= 4 is 6.03 Å². The molecule has 1 aromatic carbocycles. The molecule has 1 N–H and O–H groups in total. The van der Waals surface area contributed by atoms with Gasteiger partial charge in [0, 0.05) is 50.4 Å². The molecule has 7 heteroatoms. The molecule has 0 radical (unpaired) electrons. The number of benzene rings is 1. The molecule has 0 aliphatic carbocycles. The van der Waals surface area contributed by atoms with Crippen LogP contribution in [0.3, 0.4) is 0 Å². The van der Waals surface area contributed by atoms with Gasteiger partial charge >= 0.3 is 6.03 Å². The van der Waals surface area contributed by atoms with Crippen LogP contribution in [-0.2, 0) is 11.3 Å². The van der Waals surface area contributed by atoms with Gasteiger partial charge in [-0.2, -0.15) is 0 Å². The minimum absolute atomic E-state index is 0.0793. The molecule has 1 aromatic rings. The number of urea groups is 1. The molecule has 24 heavy (non-hydrogen) atoms. The summed E-state index contributed by atoms with van der Waals surface area (Å²) in [5.41, 5.74) is 0.0861. The summed E-state index contributed by atoms with van der Waals surface area (Å²) in [5.74, 6) is -1.28. The van der Waals surface area contributed by atoms with Gasteiger partial charge in [-0.3, -0.25) is 4.90 Å². The first-order chi connectivity index (χ1) is 11.3. The minimum Gasteiger partial charge on any atom is -0.379 e. The van der Waals surface area contributed by atoms with Crippen molar-refractivity contribution in [3.63, 3.8) is 0 Å². The smallest absolute Gasteiger partial charge is 0.317 e. The van der Waals surface area contributed by atoms with E-state index in [0.717, 1.165) is 19.2 Å². The zero-order valence-electron chi connectivity index (χ0n) is 14.4. The molecule has 1 fully saturated rings. The third-order valence-electron chi connectivity index (χ3n) is 4.31. The predicted molar refractivity (Wildman–Crippen MR) is 87.7 cm³/mol. The number of ether oxygens (including phenoxy) is 1. The molecule has 5 nitrogen and oxygen atoms in total. The Balaban J connectivity index is 1.86. The van der Waals surface area contributed by atoms with Gasteiger partial charge in [0.25, 0.3) is 0 Å². The van der Waals surface area contributed by atoms with Gasteiger partial charge < -0.3 is 15.0 Å². The molecular weight excluding hydrogens is 316 g/mol. The Labute approximate surface area is 141 Å². The van der Waals surface area contributed by atoms with E-state index in [1.165, 1.54) is 17.0 Å². The molecule has 1 saturated heterocycles. The van der Waals surface area contributed by atoms with Gasteiger partial charge in [0.2, 0.25) is 0 Å². The lowest BCUT2D eigenvalue weighted by Crippen LogP contribution is -2.56. The molecule has 1 heterocycles. The van der Waals surface area contributed by atoms with E-state index in [0.29, 0.717) is 19.8 Å². The van der Waals surface area contributed by atoms with Crippen molar-refractivity contribution in [3.05, 3.63) is 35.4 Å². The quantitative estimate of drug-likeness (QED) is 0.893. The standard InChI is InChI=1S/C17H25F2N3O2/c1-17(2,22-6-8-24-9-7-22)12-20-16(23)21(3)11-13-4-5-14(18)10-15(13)19/h4-5,10H,6-9,11-12H2,1-3H3,(H,20,23). The molecule has 0 aromatic heterocycles. The van der Waals surface area contributed by atoms with Crippen LogP contribution in [0.2, 0.25) is 0 Å². The van der Waals surface area contributed by atoms with Crippen LogP contribution in [-0.4, -0.2) is 61.3 Å². The number of morpholine rings is 1. The maximum atomic E-state index is 13.7. The number of carbonyl (C=O) groups excluding carboxylic acids is 1. The van der Waals surface area contributed by atoms with E-state index >= 15 is 0 Å². The van der Waals surface area contributed by atoms with Crippen LogP contribution in [0.5, 0.6) is 0 Å². The van der Waals surface area contributed by atoms with E-state index in [1.54, 1.807) is 7.05 Å². The maximum absolute atomic E-state index is 13.7. The SMILES string of the molecule is CN(Cc1ccc(F)cc1F)C(=O)NCC(C)(C)N1CCOCC1. The topological polar surface area (TPSA) is 44.8 Å². The van der Waals surface area contributed by atoms with Crippen molar-refractivity contribution in [2.75, 3.05) is 39.9 Å². The molecule has 0 atom stereocenters. The van der Waals surface area contributed by atoms with Gasteiger partial charge in [-0.15, -0.1) is 0 Å². The van der Waals surface area contributed by atoms with Crippen LogP contribution in [0.25, 0.3) is 0 Å². The number of amides is 2. The third-order valence-corrected chi connectivity index (χ3v) is 4.31. The number of hydrogen-bond donors (Lipinski definition) is 1. The van der Waals surface area contributed by atoms with Crippen molar-refractivity contribution in [2.45, 2.75) is 25.9 Å². The first-order valence-corrected chi connectivity index (χ1v) is 8.05. The second-order valence-electron chi connectivity index (χ2n) is 6.66. The van der Waals surface area contributed by atoms with Gasteiger partial charge in [0.15, 0.2) is 0 Å². The highest BCUT2D eigenvalue weighted by molar-refractivity contribution is 5.73. The molecule has 0 saturated carbocycles. The first-order valence-electron chi connectivity index (χ1n) is 8.05. The largest absolute Gasteiger partial charge is 0.379 e. The van der Waals surface area contributed by atoms with E-state index in [2.05, 4.69) is 24.1 Å². The zero-order chi connectivity index (χ0) is 17.7. The first kappa shape index (κ1) is 18.6. The van der Waals surface area contributed by atoms with Gasteiger partial charge in [-0.1, -0.05) is 6.07 Å². The fraction of sp³-hybridized carbons (Fsp3) is 0.588. The predicted octanol–water partition coefficient (Wildman–Crippen LogP) is 2.22. The van der Waals surface area contributed by atoms with Crippen LogP contribution in [0.1, 0.15) is 19.4 Å². The molecule has 1 aliphatic rings. The third kappa shape index (κ3) is 4.88. The average Bonchev–Trinajstić information content (AvgIpc) is 2.56. The van der Waals surface area contributed by atoms with Crippen LogP contribution >= 0.6 is 0 Å². The number of nitrogens with zero attached hydrogens (tertiary/aromatic N) is 2. The zero-order valence-corrected chi connectivity index (χ0v) is 14.4. The molecule has 134 valence electrons. The summed E-state index contributed by atoms with van der Waals surface area (Å²) in [5, 5.41) is 2.88. The van der Waals surface area contributed by atoms with Crippen molar-refractivity contribution in [2.24, 2.45) is 0 Å². The Bertz CT molecular complexity index is 575. The fourth-order valence-electron chi connectivity index (χ4n) is 2.68. The fourth-order valence-corrected chi connectivity index (χ4v) is 2.68. The summed E-state index contributed by atoms with van der Waals surface area (Å²) >= 11 is 0. The lowest BCUT2D eigenvalue weighted by atomic mass is 10.0. The van der Waals surface area contributed by atoms with E-state index < -0.39 is 11.6 Å². The maximum Gasteiger partial charge on any atom is 0.317 e. The second-order valence-corrected chi connectivity index (χ2v) is 6.66. The van der Waals surface area contributed by atoms with Crippen LogP contribution in [0.15, 0.2) is 18.2 Å². The van der Waals surface area contributed by atoms with E-state index in [-0.39, 0.29) is 23.7 Å². The molecule has 1 aliphatic heterocycles. The van der Waals surface area contributed by atoms with E-state index in [4.69, 9.17) is 4.74 Å². The molecular formula is C17H25F2N3O2. The van der Waals surface area contributed by atoms with Crippen molar-refractivity contribution in [1.29, 1.82) is 0 Å². The molecule has 0 bridgehead atoms. The summed E-state index contributed by atoms with van der Waals surface area (Å²) in [6.07, 6.45) is 0. The number of rotatable bonds is 5. The normalized spacial score (nSPS) is 16.0. The highest BCUT2D eigenvalue weighted by Crippen LogP contribution is 2.16.